The molecule has 0 rings (SSSR count). The third-order valence-electron chi connectivity index (χ3n) is 3.59. The second-order valence-corrected chi connectivity index (χ2v) is 6.47. The quantitative estimate of drug-likeness (QED) is 0.162. The molecule has 0 radical (unpaired) electrons. The lowest BCUT2D eigenvalue weighted by Crippen LogP contribution is -2.38. The van der Waals surface area contributed by atoms with Crippen LogP contribution in [0.3, 0.4) is 0 Å². The van der Waals surface area contributed by atoms with Crippen molar-refractivity contribution >= 4 is 29.9 Å². The molecule has 1 unspecified atom stereocenters. The highest BCUT2D eigenvalue weighted by atomic mass is 127. The Morgan fingerprint density at radius 2 is 1.83 bits per heavy atom. The second kappa shape index (κ2) is 19.2. The fraction of sp³-hybridized carbons (Fsp3) is 0.944. The van der Waals surface area contributed by atoms with Crippen LogP contribution in [0.2, 0.25) is 0 Å². The Bertz CT molecular complexity index is 289. The molecule has 146 valence electrons. The summed E-state index contributed by atoms with van der Waals surface area (Å²) in [5.41, 5.74) is 0. The zero-order valence-electron chi connectivity index (χ0n) is 16.1. The smallest absolute Gasteiger partial charge is 0.191 e. The van der Waals surface area contributed by atoms with Crippen molar-refractivity contribution < 1.29 is 9.84 Å². The van der Waals surface area contributed by atoms with Crippen molar-refractivity contribution in [1.29, 1.82) is 0 Å². The summed E-state index contributed by atoms with van der Waals surface area (Å²) in [5.74, 6) is 1.96. The highest BCUT2D eigenvalue weighted by molar-refractivity contribution is 14.0. The van der Waals surface area contributed by atoms with Gasteiger partial charge in [-0.25, -0.2) is 0 Å². The maximum Gasteiger partial charge on any atom is 0.191 e. The minimum Gasteiger partial charge on any atom is -0.396 e. The number of hydrogen-bond donors (Lipinski definition) is 3. The van der Waals surface area contributed by atoms with E-state index in [1.54, 1.807) is 0 Å². The van der Waals surface area contributed by atoms with Gasteiger partial charge in [-0.15, -0.1) is 24.0 Å². The van der Waals surface area contributed by atoms with Gasteiger partial charge < -0.3 is 20.5 Å². The summed E-state index contributed by atoms with van der Waals surface area (Å²) in [7, 11) is 0. The van der Waals surface area contributed by atoms with Gasteiger partial charge in [-0.05, 0) is 44.4 Å². The Hall–Kier alpha value is -0.0800. The Balaban J connectivity index is 0. The maximum atomic E-state index is 9.19. The van der Waals surface area contributed by atoms with Crippen LogP contribution in [0.5, 0.6) is 0 Å². The number of aliphatic hydroxyl groups is 1. The molecule has 0 saturated carbocycles. The molecule has 0 aromatic carbocycles. The van der Waals surface area contributed by atoms with Gasteiger partial charge in [0.05, 0.1) is 0 Å². The predicted octanol–water partition coefficient (Wildman–Crippen LogP) is 3.41. The number of unbranched alkanes of at least 4 members (excludes halogenated alkanes) is 1. The maximum absolute atomic E-state index is 9.19. The molecule has 0 aromatic heterocycles. The topological polar surface area (TPSA) is 65.9 Å². The van der Waals surface area contributed by atoms with Crippen molar-refractivity contribution in [1.82, 2.24) is 10.6 Å². The molecule has 0 saturated heterocycles. The summed E-state index contributed by atoms with van der Waals surface area (Å²) in [4.78, 5) is 4.68. The molecule has 0 heterocycles. The van der Waals surface area contributed by atoms with Gasteiger partial charge >= 0.3 is 0 Å². The van der Waals surface area contributed by atoms with E-state index < -0.39 is 0 Å². The zero-order chi connectivity index (χ0) is 17.3. The average Bonchev–Trinajstić information content (AvgIpc) is 2.51. The summed E-state index contributed by atoms with van der Waals surface area (Å²) in [6.07, 6.45) is 5.24. The SMILES string of the molecule is CCCCOCCCNC(=NCC(CCO)CC(C)C)NCC.I. The third kappa shape index (κ3) is 16.8. The van der Waals surface area contributed by atoms with Crippen molar-refractivity contribution in [3.05, 3.63) is 0 Å². The van der Waals surface area contributed by atoms with E-state index in [-0.39, 0.29) is 30.6 Å². The van der Waals surface area contributed by atoms with Gasteiger partial charge in [0.1, 0.15) is 0 Å². The number of guanidine groups is 1. The van der Waals surface area contributed by atoms with E-state index in [1.807, 2.05) is 0 Å². The molecule has 0 aliphatic heterocycles. The zero-order valence-corrected chi connectivity index (χ0v) is 18.5. The molecule has 0 bridgehead atoms. The summed E-state index contributed by atoms with van der Waals surface area (Å²) in [6.45, 7) is 13.1. The Morgan fingerprint density at radius 1 is 1.12 bits per heavy atom. The standard InChI is InChI=1S/C18H39N3O2.HI/c1-5-7-12-23-13-8-10-20-18(19-6-2)21-15-17(9-11-22)14-16(3)4;/h16-17,22H,5-15H2,1-4H3,(H2,19,20,21);1H. The van der Waals surface area contributed by atoms with E-state index >= 15 is 0 Å². The lowest BCUT2D eigenvalue weighted by atomic mass is 9.94. The molecule has 0 amide bonds. The number of rotatable bonds is 14. The van der Waals surface area contributed by atoms with Gasteiger partial charge in [-0.1, -0.05) is 27.2 Å². The summed E-state index contributed by atoms with van der Waals surface area (Å²) >= 11 is 0. The number of nitrogens with zero attached hydrogens (tertiary/aromatic N) is 1. The molecular formula is C18H40IN3O2. The van der Waals surface area contributed by atoms with Crippen LogP contribution in [0.1, 0.15) is 59.8 Å². The van der Waals surface area contributed by atoms with Crippen LogP contribution in [-0.4, -0.2) is 50.5 Å². The number of halogens is 1. The predicted molar refractivity (Wildman–Crippen MR) is 114 cm³/mol. The van der Waals surface area contributed by atoms with Crippen LogP contribution in [0.4, 0.5) is 0 Å². The monoisotopic (exact) mass is 457 g/mol. The molecule has 24 heavy (non-hydrogen) atoms. The van der Waals surface area contributed by atoms with Gasteiger partial charge in [-0.3, -0.25) is 4.99 Å². The van der Waals surface area contributed by atoms with Crippen molar-refractivity contribution in [2.75, 3.05) is 39.5 Å². The van der Waals surface area contributed by atoms with E-state index in [0.29, 0.717) is 11.8 Å². The van der Waals surface area contributed by atoms with Gasteiger partial charge in [0.2, 0.25) is 0 Å². The molecule has 0 aromatic rings. The van der Waals surface area contributed by atoms with Crippen LogP contribution >= 0.6 is 24.0 Å². The fourth-order valence-corrected chi connectivity index (χ4v) is 2.42. The van der Waals surface area contributed by atoms with Crippen LogP contribution in [0, 0.1) is 11.8 Å². The van der Waals surface area contributed by atoms with Gasteiger partial charge in [0, 0.05) is 39.5 Å². The molecule has 0 aliphatic rings. The van der Waals surface area contributed by atoms with Crippen LogP contribution in [0.15, 0.2) is 4.99 Å². The molecule has 6 heteroatoms. The third-order valence-corrected chi connectivity index (χ3v) is 3.59. The number of hydrogen-bond acceptors (Lipinski definition) is 3. The van der Waals surface area contributed by atoms with E-state index in [4.69, 9.17) is 4.74 Å². The highest BCUT2D eigenvalue weighted by Crippen LogP contribution is 2.15. The van der Waals surface area contributed by atoms with E-state index in [1.165, 1.54) is 6.42 Å². The molecule has 5 nitrogen and oxygen atoms in total. The number of nitrogens with one attached hydrogen (secondary N) is 2. The largest absolute Gasteiger partial charge is 0.396 e. The van der Waals surface area contributed by atoms with E-state index in [0.717, 1.165) is 64.5 Å². The van der Waals surface area contributed by atoms with Crippen LogP contribution in [0.25, 0.3) is 0 Å². The molecule has 0 aliphatic carbocycles. The van der Waals surface area contributed by atoms with Gasteiger partial charge in [0.25, 0.3) is 0 Å². The summed E-state index contributed by atoms with van der Waals surface area (Å²) in [6, 6.07) is 0. The van der Waals surface area contributed by atoms with Crippen molar-refractivity contribution in [2.24, 2.45) is 16.8 Å². The molecular weight excluding hydrogens is 417 g/mol. The lowest BCUT2D eigenvalue weighted by Gasteiger charge is -2.17. The molecule has 3 N–H and O–H groups in total. The Labute approximate surface area is 166 Å². The number of ether oxygens (including phenoxy) is 1. The normalized spacial score (nSPS) is 12.8. The first kappa shape index (κ1) is 26.2. The Morgan fingerprint density at radius 3 is 2.42 bits per heavy atom. The van der Waals surface area contributed by atoms with E-state index in [9.17, 15) is 5.11 Å². The molecule has 0 spiro atoms. The first-order valence-electron chi connectivity index (χ1n) is 9.34. The Kier molecular flexibility index (Phi) is 21.0. The molecule has 0 fully saturated rings. The lowest BCUT2D eigenvalue weighted by molar-refractivity contribution is 0.129. The molecule has 1 atom stereocenters. The van der Waals surface area contributed by atoms with Crippen molar-refractivity contribution in [2.45, 2.75) is 59.8 Å². The van der Waals surface area contributed by atoms with Crippen LogP contribution in [-0.2, 0) is 4.74 Å². The first-order chi connectivity index (χ1) is 11.1. The summed E-state index contributed by atoms with van der Waals surface area (Å²) in [5, 5.41) is 15.8. The number of aliphatic imine (C=N–C) groups is 1. The summed E-state index contributed by atoms with van der Waals surface area (Å²) < 4.78 is 5.56. The fourth-order valence-electron chi connectivity index (χ4n) is 2.42. The minimum absolute atomic E-state index is 0. The first-order valence-corrected chi connectivity index (χ1v) is 9.34. The highest BCUT2D eigenvalue weighted by Gasteiger charge is 2.10. The van der Waals surface area contributed by atoms with E-state index in [2.05, 4.69) is 43.3 Å². The number of aliphatic hydroxyl groups excluding tert-OH is 1. The second-order valence-electron chi connectivity index (χ2n) is 6.47. The average molecular weight is 457 g/mol. The minimum atomic E-state index is 0. The van der Waals surface area contributed by atoms with Gasteiger partial charge in [-0.2, -0.15) is 0 Å². The van der Waals surface area contributed by atoms with Crippen molar-refractivity contribution in [3.63, 3.8) is 0 Å². The van der Waals surface area contributed by atoms with Gasteiger partial charge in [0.15, 0.2) is 5.96 Å². The van der Waals surface area contributed by atoms with Crippen molar-refractivity contribution in [3.8, 4) is 0 Å². The van der Waals surface area contributed by atoms with Crippen LogP contribution < -0.4 is 10.6 Å².